The molecule has 1 aliphatic rings. The summed E-state index contributed by atoms with van der Waals surface area (Å²) in [6.07, 6.45) is 0.935. The van der Waals surface area contributed by atoms with Crippen molar-refractivity contribution in [2.75, 3.05) is 13.6 Å². The van der Waals surface area contributed by atoms with E-state index in [9.17, 15) is 23.7 Å². The fourth-order valence-corrected chi connectivity index (χ4v) is 5.90. The number of H-pyrrole nitrogens is 1. The summed E-state index contributed by atoms with van der Waals surface area (Å²) >= 11 is 0. The van der Waals surface area contributed by atoms with E-state index in [-0.39, 0.29) is 11.5 Å². The molecule has 1 aromatic heterocycles. The predicted molar refractivity (Wildman–Crippen MR) is 166 cm³/mol. The number of rotatable bonds is 11. The van der Waals surface area contributed by atoms with Crippen LogP contribution in [0.1, 0.15) is 80.5 Å². The Hall–Kier alpha value is -2.35. The molecule has 2 rings (SSSR count). The summed E-state index contributed by atoms with van der Waals surface area (Å²) in [6, 6.07) is 0. The highest BCUT2D eigenvalue weighted by atomic mass is 31.2. The molecule has 13 nitrogen and oxygen atoms in total. The molecule has 0 amide bonds. The zero-order valence-electron chi connectivity index (χ0n) is 28.0. The molecule has 0 radical (unpaired) electrons. The van der Waals surface area contributed by atoms with Crippen molar-refractivity contribution in [3.8, 4) is 0 Å². The summed E-state index contributed by atoms with van der Waals surface area (Å²) in [5, 5.41) is -0.153. The Bertz CT molecular complexity index is 1340. The van der Waals surface area contributed by atoms with Crippen molar-refractivity contribution in [1.29, 1.82) is 0 Å². The molecule has 0 aliphatic carbocycles. The van der Waals surface area contributed by atoms with Crippen LogP contribution in [0.25, 0.3) is 0 Å². The molecule has 15 heteroatoms. The Kier molecular flexibility index (Phi) is 12.0. The van der Waals surface area contributed by atoms with Gasteiger partial charge in [0.2, 0.25) is 13.6 Å². The molecular weight excluding hydrogens is 611 g/mol. The molecule has 250 valence electrons. The van der Waals surface area contributed by atoms with E-state index in [1.165, 1.54) is 16.8 Å². The van der Waals surface area contributed by atoms with E-state index >= 15 is 0 Å². The minimum atomic E-state index is -4.19. The lowest BCUT2D eigenvalue weighted by atomic mass is 9.98. The van der Waals surface area contributed by atoms with E-state index in [1.54, 1.807) is 48.5 Å². The summed E-state index contributed by atoms with van der Waals surface area (Å²) in [5.41, 5.74) is -2.46. The van der Waals surface area contributed by atoms with Crippen LogP contribution in [-0.2, 0) is 41.8 Å². The number of hydrogen-bond acceptors (Lipinski definition) is 11. The van der Waals surface area contributed by atoms with Crippen LogP contribution < -0.4 is 11.2 Å². The Labute approximate surface area is 260 Å². The van der Waals surface area contributed by atoms with Crippen molar-refractivity contribution in [3.05, 3.63) is 44.5 Å². The lowest BCUT2D eigenvalue weighted by Crippen LogP contribution is -2.45. The van der Waals surface area contributed by atoms with Crippen molar-refractivity contribution in [2.45, 2.75) is 112 Å². The fraction of sp³-hybridized carbons (Fsp3) is 0.724. The maximum absolute atomic E-state index is 13.8. The number of carbonyl (C=O) groups excluding carboxylic acids is 2. The van der Waals surface area contributed by atoms with Gasteiger partial charge >= 0.3 is 25.2 Å². The number of aromatic amines is 1. The lowest BCUT2D eigenvalue weighted by Gasteiger charge is -2.39. The molecule has 0 saturated carbocycles. The molecule has 1 aromatic rings. The minimum absolute atomic E-state index is 0.153. The Morgan fingerprint density at radius 1 is 1.00 bits per heavy atom. The number of nitrogens with one attached hydrogen (secondary N) is 1. The summed E-state index contributed by atoms with van der Waals surface area (Å²) in [4.78, 5) is 51.3. The summed E-state index contributed by atoms with van der Waals surface area (Å²) in [7, 11) is -6.55. The third-order valence-corrected chi connectivity index (χ3v) is 13.3. The molecule has 1 saturated heterocycles. The first kappa shape index (κ1) is 37.8. The Morgan fingerprint density at radius 2 is 1.50 bits per heavy atom. The van der Waals surface area contributed by atoms with Gasteiger partial charge in [-0.3, -0.25) is 37.5 Å². The highest BCUT2D eigenvalue weighted by molar-refractivity contribution is 7.57. The van der Waals surface area contributed by atoms with E-state index < -0.39 is 82.0 Å². The van der Waals surface area contributed by atoms with Gasteiger partial charge in [0.15, 0.2) is 8.32 Å². The van der Waals surface area contributed by atoms with E-state index in [1.807, 2.05) is 0 Å². The van der Waals surface area contributed by atoms with Gasteiger partial charge in [0.25, 0.3) is 5.56 Å². The number of esters is 2. The monoisotopic (exact) mass is 660 g/mol. The Morgan fingerprint density at radius 3 is 1.95 bits per heavy atom. The van der Waals surface area contributed by atoms with E-state index in [0.29, 0.717) is 5.56 Å². The molecule has 0 aromatic carbocycles. The van der Waals surface area contributed by atoms with Gasteiger partial charge in [-0.25, -0.2) is 4.79 Å². The lowest BCUT2D eigenvalue weighted by molar-refractivity contribution is -0.161. The number of aromatic nitrogens is 2. The molecular formula is C29H49N2O11PSi. The molecule has 1 fully saturated rings. The van der Waals surface area contributed by atoms with Crippen LogP contribution in [0.4, 0.5) is 0 Å². The standard InChI is InChI=1S/C29H49N2O11PSi/c1-19-16-31(26(35)30-23(19)32)22-15-21(42-44(11,12)29(8,9)10)20(41-22)13-14-43(36,39-17-37-24(33)27(2,3)4)40-18-38-25(34)28(5,6)7/h13-14,16,20-22H,15,17-18H2,1-12H3,(H,30,32,35)/b14-13+/t20-,21?,22-/m1/s1. The van der Waals surface area contributed by atoms with Crippen LogP contribution in [-0.4, -0.2) is 55.6 Å². The van der Waals surface area contributed by atoms with Crippen molar-refractivity contribution >= 4 is 27.9 Å². The highest BCUT2D eigenvalue weighted by Crippen LogP contribution is 2.51. The van der Waals surface area contributed by atoms with Gasteiger partial charge in [-0.1, -0.05) is 20.8 Å². The molecule has 1 N–H and O–H groups in total. The number of aryl methyl sites for hydroxylation is 1. The summed E-state index contributed by atoms with van der Waals surface area (Å²) < 4.78 is 49.0. The molecule has 1 unspecified atom stereocenters. The maximum Gasteiger partial charge on any atom is 0.359 e. The minimum Gasteiger partial charge on any atom is -0.438 e. The molecule has 0 spiro atoms. The molecule has 44 heavy (non-hydrogen) atoms. The zero-order valence-corrected chi connectivity index (χ0v) is 29.9. The number of ether oxygens (including phenoxy) is 3. The second-order valence-corrected chi connectivity index (χ2v) is 21.1. The molecule has 3 atom stereocenters. The van der Waals surface area contributed by atoms with Crippen LogP contribution in [0, 0.1) is 17.8 Å². The quantitative estimate of drug-likeness (QED) is 0.141. The first-order valence-electron chi connectivity index (χ1n) is 14.4. The van der Waals surface area contributed by atoms with Crippen LogP contribution in [0.15, 0.2) is 27.7 Å². The van der Waals surface area contributed by atoms with Gasteiger partial charge in [-0.05, 0) is 72.7 Å². The SMILES string of the molecule is Cc1cn([C@H]2CC(O[Si](C)(C)C(C)(C)C)[C@@H](/C=C/P(=O)(OCOC(=O)C(C)(C)C)OCOC(=O)C(C)(C)C)O2)c(=O)[nH]c1=O. The van der Waals surface area contributed by atoms with Gasteiger partial charge in [0, 0.05) is 24.0 Å². The van der Waals surface area contributed by atoms with E-state index in [0.717, 1.165) is 5.82 Å². The van der Waals surface area contributed by atoms with Gasteiger partial charge in [0.1, 0.15) is 12.3 Å². The highest BCUT2D eigenvalue weighted by Gasteiger charge is 2.45. The topological polar surface area (TPSA) is 161 Å². The van der Waals surface area contributed by atoms with Crippen molar-refractivity contribution in [2.24, 2.45) is 10.8 Å². The van der Waals surface area contributed by atoms with E-state index in [2.05, 4.69) is 38.8 Å². The number of nitrogens with zero attached hydrogens (tertiary/aromatic N) is 1. The second-order valence-electron chi connectivity index (χ2n) is 14.4. The van der Waals surface area contributed by atoms with Crippen LogP contribution in [0.2, 0.25) is 18.1 Å². The van der Waals surface area contributed by atoms with Gasteiger partial charge in [0.05, 0.1) is 16.9 Å². The fourth-order valence-electron chi connectivity index (χ4n) is 3.53. The number of carbonyl (C=O) groups is 2. The van der Waals surface area contributed by atoms with Gasteiger partial charge in [-0.15, -0.1) is 0 Å². The van der Waals surface area contributed by atoms with Crippen molar-refractivity contribution in [1.82, 2.24) is 9.55 Å². The first-order valence-corrected chi connectivity index (χ1v) is 19.0. The first-order chi connectivity index (χ1) is 19.9. The third-order valence-electron chi connectivity index (χ3n) is 7.35. The molecule has 0 bridgehead atoms. The predicted octanol–water partition coefficient (Wildman–Crippen LogP) is 5.36. The maximum atomic E-state index is 13.8. The van der Waals surface area contributed by atoms with Crippen molar-refractivity contribution < 1.29 is 41.8 Å². The second kappa shape index (κ2) is 14.0. The normalized spacial score (nSPS) is 20.2. The molecule has 2 heterocycles. The average molecular weight is 661 g/mol. The van der Waals surface area contributed by atoms with Gasteiger partial charge in [-0.2, -0.15) is 0 Å². The molecule has 1 aliphatic heterocycles. The summed E-state index contributed by atoms with van der Waals surface area (Å²) in [6.45, 7) is 20.5. The van der Waals surface area contributed by atoms with Crippen LogP contribution in [0.5, 0.6) is 0 Å². The average Bonchev–Trinajstić information content (AvgIpc) is 3.24. The van der Waals surface area contributed by atoms with Gasteiger partial charge < -0.3 is 18.6 Å². The van der Waals surface area contributed by atoms with Crippen LogP contribution in [0.3, 0.4) is 0 Å². The summed E-state index contributed by atoms with van der Waals surface area (Å²) in [5.74, 6) is -0.0315. The number of hydrogen-bond donors (Lipinski definition) is 1. The Balaban J connectivity index is 2.40. The largest absolute Gasteiger partial charge is 0.438 e. The zero-order chi connectivity index (χ0) is 33.9. The van der Waals surface area contributed by atoms with E-state index in [4.69, 9.17) is 27.7 Å². The van der Waals surface area contributed by atoms with Crippen molar-refractivity contribution in [3.63, 3.8) is 0 Å². The smallest absolute Gasteiger partial charge is 0.359 e. The van der Waals surface area contributed by atoms with Crippen LogP contribution >= 0.6 is 7.60 Å². The third kappa shape index (κ3) is 10.3.